The summed E-state index contributed by atoms with van der Waals surface area (Å²) < 4.78 is 3.97. The SMILES string of the molecule is C=CCNC(=NCc1nnc(C)n1C)NC1CCc2nc(C(C)C)nn2C1. The van der Waals surface area contributed by atoms with E-state index in [1.165, 1.54) is 0 Å². The maximum Gasteiger partial charge on any atom is 0.192 e. The molecule has 0 saturated carbocycles. The van der Waals surface area contributed by atoms with Crippen molar-refractivity contribution in [3.8, 4) is 0 Å². The molecule has 1 aliphatic heterocycles. The van der Waals surface area contributed by atoms with Crippen molar-refractivity contribution < 1.29 is 0 Å². The van der Waals surface area contributed by atoms with Gasteiger partial charge in [-0.15, -0.1) is 16.8 Å². The van der Waals surface area contributed by atoms with Crippen molar-refractivity contribution in [1.29, 1.82) is 0 Å². The van der Waals surface area contributed by atoms with Gasteiger partial charge in [0.25, 0.3) is 0 Å². The molecule has 0 spiro atoms. The van der Waals surface area contributed by atoms with E-state index < -0.39 is 0 Å². The first kappa shape index (κ1) is 19.1. The van der Waals surface area contributed by atoms with Crippen LogP contribution in [-0.2, 0) is 26.6 Å². The number of hydrogen-bond donors (Lipinski definition) is 2. The van der Waals surface area contributed by atoms with Crippen molar-refractivity contribution >= 4 is 5.96 Å². The van der Waals surface area contributed by atoms with Gasteiger partial charge in [-0.3, -0.25) is 0 Å². The van der Waals surface area contributed by atoms with Crippen molar-refractivity contribution in [2.45, 2.75) is 58.7 Å². The molecule has 0 saturated heterocycles. The Balaban J connectivity index is 1.67. The van der Waals surface area contributed by atoms with Crippen LogP contribution in [0, 0.1) is 6.92 Å². The highest BCUT2D eigenvalue weighted by molar-refractivity contribution is 5.80. The van der Waals surface area contributed by atoms with Crippen LogP contribution in [-0.4, -0.2) is 48.1 Å². The van der Waals surface area contributed by atoms with Gasteiger partial charge < -0.3 is 15.2 Å². The van der Waals surface area contributed by atoms with Crippen molar-refractivity contribution in [1.82, 2.24) is 40.2 Å². The highest BCUT2D eigenvalue weighted by Crippen LogP contribution is 2.17. The summed E-state index contributed by atoms with van der Waals surface area (Å²) in [4.78, 5) is 9.32. The summed E-state index contributed by atoms with van der Waals surface area (Å²) in [7, 11) is 1.95. The molecule has 2 aromatic rings. The summed E-state index contributed by atoms with van der Waals surface area (Å²) in [5, 5.41) is 19.7. The zero-order chi connectivity index (χ0) is 19.4. The summed E-state index contributed by atoms with van der Waals surface area (Å²) in [6, 6.07) is 0.247. The summed E-state index contributed by atoms with van der Waals surface area (Å²) >= 11 is 0. The minimum Gasteiger partial charge on any atom is -0.353 e. The van der Waals surface area contributed by atoms with E-state index in [0.717, 1.165) is 48.6 Å². The molecule has 0 bridgehead atoms. The lowest BCUT2D eigenvalue weighted by atomic mass is 10.1. The Kier molecular flexibility index (Phi) is 5.88. The standard InChI is InChI=1S/C18H29N9/c1-6-9-19-18(20-10-16-24-23-13(4)26(16)5)21-14-7-8-15-22-17(12(2)3)25-27(15)11-14/h6,12,14H,1,7-11H2,2-5H3,(H2,19,20,21). The number of nitrogens with one attached hydrogen (secondary N) is 2. The van der Waals surface area contributed by atoms with Crippen LogP contribution in [0.5, 0.6) is 0 Å². The normalized spacial score (nSPS) is 17.1. The van der Waals surface area contributed by atoms with Crippen molar-refractivity contribution in [3.63, 3.8) is 0 Å². The average Bonchev–Trinajstić information content (AvgIpc) is 3.21. The fraction of sp³-hybridized carbons (Fsp3) is 0.611. The molecule has 0 radical (unpaired) electrons. The fourth-order valence-corrected chi connectivity index (χ4v) is 2.94. The molecule has 27 heavy (non-hydrogen) atoms. The molecular weight excluding hydrogens is 342 g/mol. The van der Waals surface area contributed by atoms with Crippen molar-refractivity contribution in [3.05, 3.63) is 36.0 Å². The van der Waals surface area contributed by atoms with Crippen LogP contribution in [0.25, 0.3) is 0 Å². The van der Waals surface area contributed by atoms with E-state index in [0.29, 0.717) is 19.0 Å². The van der Waals surface area contributed by atoms with Gasteiger partial charge >= 0.3 is 0 Å². The number of aliphatic imine (C=N–C) groups is 1. The minimum absolute atomic E-state index is 0.247. The molecule has 3 rings (SSSR count). The lowest BCUT2D eigenvalue weighted by Gasteiger charge is -2.25. The molecule has 0 fully saturated rings. The molecule has 1 unspecified atom stereocenters. The van der Waals surface area contributed by atoms with Crippen LogP contribution in [0.1, 0.15) is 49.5 Å². The summed E-state index contributed by atoms with van der Waals surface area (Å²) in [5.41, 5.74) is 0. The summed E-state index contributed by atoms with van der Waals surface area (Å²) in [5.74, 6) is 4.78. The van der Waals surface area contributed by atoms with E-state index in [1.54, 1.807) is 0 Å². The summed E-state index contributed by atoms with van der Waals surface area (Å²) in [6.45, 7) is 11.8. The molecule has 2 N–H and O–H groups in total. The van der Waals surface area contributed by atoms with Crippen LogP contribution in [0.2, 0.25) is 0 Å². The zero-order valence-corrected chi connectivity index (χ0v) is 16.6. The second-order valence-corrected chi connectivity index (χ2v) is 7.16. The maximum absolute atomic E-state index is 4.67. The molecule has 1 atom stereocenters. The Morgan fingerprint density at radius 2 is 2.22 bits per heavy atom. The van der Waals surface area contributed by atoms with E-state index >= 15 is 0 Å². The first-order valence-corrected chi connectivity index (χ1v) is 9.42. The number of aromatic nitrogens is 6. The topological polar surface area (TPSA) is 97.8 Å². The Hall–Kier alpha value is -2.71. The largest absolute Gasteiger partial charge is 0.353 e. The highest BCUT2D eigenvalue weighted by atomic mass is 15.4. The zero-order valence-electron chi connectivity index (χ0n) is 16.6. The predicted octanol–water partition coefficient (Wildman–Crippen LogP) is 1.07. The van der Waals surface area contributed by atoms with E-state index in [9.17, 15) is 0 Å². The molecule has 3 heterocycles. The first-order chi connectivity index (χ1) is 13.0. The van der Waals surface area contributed by atoms with Crippen LogP contribution < -0.4 is 10.6 Å². The molecule has 0 amide bonds. The molecular formula is C18H29N9. The van der Waals surface area contributed by atoms with E-state index in [1.807, 2.05) is 29.3 Å². The van der Waals surface area contributed by atoms with Gasteiger partial charge in [-0.05, 0) is 13.3 Å². The fourth-order valence-electron chi connectivity index (χ4n) is 2.94. The number of guanidine groups is 1. The second kappa shape index (κ2) is 8.32. The molecule has 2 aromatic heterocycles. The Bertz CT molecular complexity index is 815. The molecule has 0 aliphatic carbocycles. The molecule has 1 aliphatic rings. The van der Waals surface area contributed by atoms with Gasteiger partial charge in [0, 0.05) is 32.0 Å². The number of fused-ring (bicyclic) bond motifs is 1. The highest BCUT2D eigenvalue weighted by Gasteiger charge is 2.23. The molecule has 9 nitrogen and oxygen atoms in total. The summed E-state index contributed by atoms with van der Waals surface area (Å²) in [6.07, 6.45) is 3.72. The Morgan fingerprint density at radius 1 is 1.41 bits per heavy atom. The third-order valence-corrected chi connectivity index (χ3v) is 4.71. The van der Waals surface area contributed by atoms with Crippen LogP contribution in [0.15, 0.2) is 17.6 Å². The van der Waals surface area contributed by atoms with E-state index in [2.05, 4.69) is 56.3 Å². The van der Waals surface area contributed by atoms with Crippen LogP contribution in [0.3, 0.4) is 0 Å². The quantitative estimate of drug-likeness (QED) is 0.448. The van der Waals surface area contributed by atoms with Gasteiger partial charge in [0.1, 0.15) is 18.2 Å². The minimum atomic E-state index is 0.247. The van der Waals surface area contributed by atoms with Crippen molar-refractivity contribution in [2.24, 2.45) is 12.0 Å². The van der Waals surface area contributed by atoms with Crippen LogP contribution in [0.4, 0.5) is 0 Å². The van der Waals surface area contributed by atoms with E-state index in [4.69, 9.17) is 0 Å². The lowest BCUT2D eigenvalue weighted by molar-refractivity contribution is 0.391. The smallest absolute Gasteiger partial charge is 0.192 e. The Labute approximate surface area is 160 Å². The Morgan fingerprint density at radius 3 is 2.89 bits per heavy atom. The number of rotatable bonds is 6. The average molecular weight is 371 g/mol. The van der Waals surface area contributed by atoms with Gasteiger partial charge in [0.2, 0.25) is 0 Å². The van der Waals surface area contributed by atoms with E-state index in [-0.39, 0.29) is 6.04 Å². The van der Waals surface area contributed by atoms with Gasteiger partial charge in [0.05, 0.1) is 6.54 Å². The molecule has 146 valence electrons. The predicted molar refractivity (Wildman–Crippen MR) is 104 cm³/mol. The lowest BCUT2D eigenvalue weighted by Crippen LogP contribution is -2.47. The third kappa shape index (κ3) is 4.53. The monoisotopic (exact) mass is 371 g/mol. The van der Waals surface area contributed by atoms with Gasteiger partial charge in [-0.25, -0.2) is 14.7 Å². The van der Waals surface area contributed by atoms with Gasteiger partial charge in [0.15, 0.2) is 17.6 Å². The van der Waals surface area contributed by atoms with Gasteiger partial charge in [-0.1, -0.05) is 19.9 Å². The third-order valence-electron chi connectivity index (χ3n) is 4.71. The number of hydrogen-bond acceptors (Lipinski definition) is 5. The first-order valence-electron chi connectivity index (χ1n) is 9.42. The molecule has 9 heteroatoms. The van der Waals surface area contributed by atoms with Crippen molar-refractivity contribution in [2.75, 3.05) is 6.54 Å². The number of nitrogens with zero attached hydrogens (tertiary/aromatic N) is 7. The maximum atomic E-state index is 4.67. The number of aryl methyl sites for hydroxylation is 2. The molecule has 0 aromatic carbocycles. The van der Waals surface area contributed by atoms with Crippen LogP contribution >= 0.6 is 0 Å². The van der Waals surface area contributed by atoms with Gasteiger partial charge in [-0.2, -0.15) is 5.10 Å². The second-order valence-electron chi connectivity index (χ2n) is 7.16.